The van der Waals surface area contributed by atoms with Crippen molar-refractivity contribution in [1.82, 2.24) is 5.32 Å². The second-order valence-electron chi connectivity index (χ2n) is 6.52. The van der Waals surface area contributed by atoms with Gasteiger partial charge in [0.1, 0.15) is 5.84 Å². The summed E-state index contributed by atoms with van der Waals surface area (Å²) in [6, 6.07) is 6.52. The zero-order chi connectivity index (χ0) is 18.0. The lowest BCUT2D eigenvalue weighted by Crippen LogP contribution is -2.41. The highest BCUT2D eigenvalue weighted by atomic mass is 16.7. The van der Waals surface area contributed by atoms with Crippen LogP contribution in [0.1, 0.15) is 27.7 Å². The molecule has 2 amide bonds. The van der Waals surface area contributed by atoms with Gasteiger partial charge in [-0.2, -0.15) is 0 Å². The Kier molecular flexibility index (Phi) is 5.01. The van der Waals surface area contributed by atoms with Crippen LogP contribution >= 0.6 is 0 Å². The quantitative estimate of drug-likeness (QED) is 0.295. The lowest BCUT2D eigenvalue weighted by molar-refractivity contribution is 0.00578. The highest BCUT2D eigenvalue weighted by Crippen LogP contribution is 2.36. The second-order valence-corrected chi connectivity index (χ2v) is 6.52. The summed E-state index contributed by atoms with van der Waals surface area (Å²) >= 11 is 0. The molecule has 1 aromatic carbocycles. The van der Waals surface area contributed by atoms with Gasteiger partial charge in [0.25, 0.3) is 0 Å². The number of urea groups is 1. The molecule has 8 heteroatoms. The summed E-state index contributed by atoms with van der Waals surface area (Å²) in [5.41, 5.74) is 0.605. The maximum atomic E-state index is 11.7. The van der Waals surface area contributed by atoms with Crippen LogP contribution in [0.4, 0.5) is 10.5 Å². The molecular weight excluding hydrogens is 309 g/mol. The van der Waals surface area contributed by atoms with E-state index in [2.05, 4.69) is 10.6 Å². The first-order chi connectivity index (χ1) is 11.1. The number of carbonyl (C=O) groups is 1. The molecule has 0 bridgehead atoms. The number of hydrogen-bond donors (Lipinski definition) is 4. The van der Waals surface area contributed by atoms with E-state index < -0.39 is 24.4 Å². The summed E-state index contributed by atoms with van der Waals surface area (Å²) in [5, 5.41) is 20.7. The fourth-order valence-electron chi connectivity index (χ4n) is 2.10. The average molecular weight is 331 g/mol. The van der Waals surface area contributed by atoms with Crippen molar-refractivity contribution < 1.29 is 19.2 Å². The van der Waals surface area contributed by atoms with Gasteiger partial charge in [0.05, 0.1) is 17.5 Å². The number of carbonyl (C=O) groups excluding carboxylic acids is 1. The summed E-state index contributed by atoms with van der Waals surface area (Å²) in [6.45, 7) is 7.96. The molecule has 1 aromatic rings. The standard InChI is InChI=1S/C16H22BN3O4/c1-15(2)16(3,4)24-17(23-15)11-5-7-12(8-6-11)19-14(22)20-13(18)9-10-21/h5-10,21H,1-4H3,(H3,18,19,20,22)/b10-9-. The topological polar surface area (TPSA) is 104 Å². The van der Waals surface area contributed by atoms with Crippen molar-refractivity contribution in [3.05, 3.63) is 36.6 Å². The second kappa shape index (κ2) is 6.66. The van der Waals surface area contributed by atoms with Crippen LogP contribution in [0.3, 0.4) is 0 Å². The third-order valence-corrected chi connectivity index (χ3v) is 4.18. The molecular formula is C16H22BN3O4. The van der Waals surface area contributed by atoms with Crippen molar-refractivity contribution in [3.63, 3.8) is 0 Å². The molecule has 1 heterocycles. The van der Waals surface area contributed by atoms with Crippen LogP contribution in [-0.4, -0.2) is 35.3 Å². The molecule has 24 heavy (non-hydrogen) atoms. The van der Waals surface area contributed by atoms with Crippen LogP contribution in [-0.2, 0) is 9.31 Å². The van der Waals surface area contributed by atoms with Crippen LogP contribution in [0, 0.1) is 5.41 Å². The Bertz CT molecular complexity index is 640. The zero-order valence-corrected chi connectivity index (χ0v) is 14.2. The smallest absolute Gasteiger partial charge is 0.494 e. The maximum Gasteiger partial charge on any atom is 0.494 e. The van der Waals surface area contributed by atoms with Gasteiger partial charge in [0.2, 0.25) is 0 Å². The minimum absolute atomic E-state index is 0.219. The molecule has 1 aliphatic heterocycles. The van der Waals surface area contributed by atoms with Crippen molar-refractivity contribution in [2.45, 2.75) is 38.9 Å². The van der Waals surface area contributed by atoms with Crippen molar-refractivity contribution in [2.24, 2.45) is 0 Å². The van der Waals surface area contributed by atoms with Crippen molar-refractivity contribution in [3.8, 4) is 0 Å². The predicted octanol–water partition coefficient (Wildman–Crippen LogP) is 2.16. The van der Waals surface area contributed by atoms with Gasteiger partial charge < -0.3 is 19.7 Å². The number of anilines is 1. The lowest BCUT2D eigenvalue weighted by Gasteiger charge is -2.32. The molecule has 0 spiro atoms. The molecule has 4 N–H and O–H groups in total. The molecule has 0 aromatic heterocycles. The minimum Gasteiger partial charge on any atom is -0.515 e. The normalized spacial score (nSPS) is 18.6. The maximum absolute atomic E-state index is 11.7. The number of hydrogen-bond acceptors (Lipinski definition) is 5. The summed E-state index contributed by atoms with van der Waals surface area (Å²) < 4.78 is 11.9. The van der Waals surface area contributed by atoms with E-state index in [0.717, 1.165) is 11.5 Å². The van der Waals surface area contributed by atoms with E-state index in [1.54, 1.807) is 12.1 Å². The van der Waals surface area contributed by atoms with Crippen LogP contribution in [0.25, 0.3) is 0 Å². The third-order valence-electron chi connectivity index (χ3n) is 4.18. The number of aliphatic hydroxyl groups excluding tert-OH is 1. The highest BCUT2D eigenvalue weighted by molar-refractivity contribution is 6.62. The SMILES string of the molecule is CC1(C)OB(c2ccc(NC(=O)NC(=N)/C=C\O)cc2)OC1(C)C. The number of benzene rings is 1. The van der Waals surface area contributed by atoms with Crippen LogP contribution < -0.4 is 16.1 Å². The molecule has 0 unspecified atom stereocenters. The Morgan fingerprint density at radius 3 is 2.21 bits per heavy atom. The fourth-order valence-corrected chi connectivity index (χ4v) is 2.10. The Balaban J connectivity index is 1.99. The van der Waals surface area contributed by atoms with E-state index in [1.165, 1.54) is 0 Å². The van der Waals surface area contributed by atoms with Gasteiger partial charge in [-0.05, 0) is 45.3 Å². The molecule has 128 valence electrons. The molecule has 2 rings (SSSR count). The monoisotopic (exact) mass is 331 g/mol. The van der Waals surface area contributed by atoms with Crippen molar-refractivity contribution >= 4 is 30.1 Å². The van der Waals surface area contributed by atoms with Crippen LogP contribution in [0.15, 0.2) is 36.6 Å². The number of aliphatic hydroxyl groups is 1. The van der Waals surface area contributed by atoms with Gasteiger partial charge in [-0.25, -0.2) is 4.79 Å². The molecule has 0 radical (unpaired) electrons. The van der Waals surface area contributed by atoms with E-state index in [1.807, 2.05) is 39.8 Å². The molecule has 1 saturated heterocycles. The van der Waals surface area contributed by atoms with Crippen molar-refractivity contribution in [1.29, 1.82) is 5.41 Å². The van der Waals surface area contributed by atoms with E-state index in [9.17, 15) is 4.79 Å². The average Bonchev–Trinajstić information content (AvgIpc) is 2.68. The number of rotatable bonds is 3. The summed E-state index contributed by atoms with van der Waals surface area (Å²) in [7, 11) is -0.458. The molecule has 1 fully saturated rings. The molecule has 1 aliphatic rings. The Hall–Kier alpha value is -2.32. The molecule has 7 nitrogen and oxygen atoms in total. The molecule has 0 saturated carbocycles. The van der Waals surface area contributed by atoms with Crippen molar-refractivity contribution in [2.75, 3.05) is 5.32 Å². The van der Waals surface area contributed by atoms with E-state index in [-0.39, 0.29) is 5.84 Å². The van der Waals surface area contributed by atoms with Gasteiger partial charge >= 0.3 is 13.1 Å². The Morgan fingerprint density at radius 1 is 1.17 bits per heavy atom. The first-order valence-electron chi connectivity index (χ1n) is 7.57. The number of amidine groups is 1. The Labute approximate surface area is 141 Å². The van der Waals surface area contributed by atoms with Crippen LogP contribution in [0.5, 0.6) is 0 Å². The largest absolute Gasteiger partial charge is 0.515 e. The highest BCUT2D eigenvalue weighted by Gasteiger charge is 2.51. The van der Waals surface area contributed by atoms with Gasteiger partial charge in [-0.15, -0.1) is 0 Å². The van der Waals surface area contributed by atoms with Gasteiger partial charge in [-0.3, -0.25) is 10.7 Å². The lowest BCUT2D eigenvalue weighted by atomic mass is 9.79. The van der Waals surface area contributed by atoms with Gasteiger partial charge in [-0.1, -0.05) is 12.1 Å². The summed E-state index contributed by atoms with van der Waals surface area (Å²) in [6.07, 6.45) is 1.74. The minimum atomic E-state index is -0.568. The summed E-state index contributed by atoms with van der Waals surface area (Å²) in [4.78, 5) is 11.7. The molecule has 0 aliphatic carbocycles. The Morgan fingerprint density at radius 2 is 1.71 bits per heavy atom. The predicted molar refractivity (Wildman–Crippen MR) is 93.8 cm³/mol. The van der Waals surface area contributed by atoms with Gasteiger partial charge in [0, 0.05) is 11.8 Å². The molecule has 0 atom stereocenters. The summed E-state index contributed by atoms with van der Waals surface area (Å²) in [5.74, 6) is -0.219. The van der Waals surface area contributed by atoms with E-state index >= 15 is 0 Å². The first-order valence-corrected chi connectivity index (χ1v) is 7.57. The number of nitrogens with one attached hydrogen (secondary N) is 3. The van der Waals surface area contributed by atoms with E-state index in [0.29, 0.717) is 11.9 Å². The van der Waals surface area contributed by atoms with Gasteiger partial charge in [0.15, 0.2) is 0 Å². The number of amides is 2. The van der Waals surface area contributed by atoms with Crippen LogP contribution in [0.2, 0.25) is 0 Å². The first kappa shape index (κ1) is 18.0. The van der Waals surface area contributed by atoms with E-state index in [4.69, 9.17) is 19.8 Å². The fraction of sp³-hybridized carbons (Fsp3) is 0.375. The zero-order valence-electron chi connectivity index (χ0n) is 14.2. The third kappa shape index (κ3) is 3.96.